The molecule has 1 amide bonds. The molecule has 1 N–H and O–H groups in total. The van der Waals surface area contributed by atoms with Crippen LogP contribution in [0, 0.1) is 0 Å². The Hall–Kier alpha value is -2.86. The van der Waals surface area contributed by atoms with Crippen molar-refractivity contribution in [2.45, 2.75) is 51.9 Å². The predicted octanol–water partition coefficient (Wildman–Crippen LogP) is 4.77. The Bertz CT molecular complexity index is 1040. The number of amides is 1. The minimum atomic E-state index is -0.471. The first-order valence-electron chi connectivity index (χ1n) is 10.5. The van der Waals surface area contributed by atoms with Gasteiger partial charge in [-0.25, -0.2) is 4.79 Å². The van der Waals surface area contributed by atoms with Crippen LogP contribution in [0.5, 0.6) is 0 Å². The van der Waals surface area contributed by atoms with Crippen molar-refractivity contribution in [3.05, 3.63) is 54.4 Å². The first-order valence-corrected chi connectivity index (χ1v) is 10.5. The van der Waals surface area contributed by atoms with Gasteiger partial charge in [0.25, 0.3) is 0 Å². The molecule has 2 heterocycles. The van der Waals surface area contributed by atoms with Crippen LogP contribution in [0.1, 0.15) is 45.2 Å². The van der Waals surface area contributed by atoms with E-state index in [9.17, 15) is 9.90 Å². The van der Waals surface area contributed by atoms with E-state index in [1.54, 1.807) is 4.90 Å². The molecule has 4 rings (SSSR count). The summed E-state index contributed by atoms with van der Waals surface area (Å²) in [7, 11) is 0. The quantitative estimate of drug-likeness (QED) is 0.679. The van der Waals surface area contributed by atoms with Crippen LogP contribution in [-0.4, -0.2) is 44.6 Å². The third-order valence-electron chi connectivity index (χ3n) is 5.53. The first-order chi connectivity index (χ1) is 14.3. The van der Waals surface area contributed by atoms with Gasteiger partial charge in [0, 0.05) is 24.8 Å². The first kappa shape index (κ1) is 20.4. The molecule has 0 atom stereocenters. The number of hydrogen-bond donors (Lipinski definition) is 1. The van der Waals surface area contributed by atoms with Gasteiger partial charge in [-0.05, 0) is 61.6 Å². The van der Waals surface area contributed by atoms with E-state index >= 15 is 0 Å². The van der Waals surface area contributed by atoms with E-state index in [1.807, 2.05) is 49.8 Å². The Kier molecular flexibility index (Phi) is 5.52. The molecule has 1 aliphatic heterocycles. The summed E-state index contributed by atoms with van der Waals surface area (Å²) in [6.07, 6.45) is 5.49. The molecule has 0 spiro atoms. The average Bonchev–Trinajstić information content (AvgIpc) is 3.22. The minimum absolute atomic E-state index is 0.0418. The fraction of sp³-hybridized carbons (Fsp3) is 0.417. The molecule has 0 unspecified atom stereocenters. The van der Waals surface area contributed by atoms with E-state index in [-0.39, 0.29) is 18.7 Å². The number of aromatic nitrogens is 2. The van der Waals surface area contributed by atoms with E-state index in [4.69, 9.17) is 4.74 Å². The lowest BCUT2D eigenvalue weighted by Crippen LogP contribution is -2.42. The second-order valence-electron chi connectivity index (χ2n) is 8.93. The number of aliphatic hydroxyl groups is 1. The number of ether oxygens (including phenoxy) is 1. The highest BCUT2D eigenvalue weighted by atomic mass is 16.6. The molecule has 0 radical (unpaired) electrons. The summed E-state index contributed by atoms with van der Waals surface area (Å²) >= 11 is 0. The minimum Gasteiger partial charge on any atom is -0.444 e. The Morgan fingerprint density at radius 3 is 2.67 bits per heavy atom. The van der Waals surface area contributed by atoms with Crippen LogP contribution in [0.25, 0.3) is 21.9 Å². The summed E-state index contributed by atoms with van der Waals surface area (Å²) < 4.78 is 7.52. The molecule has 0 bridgehead atoms. The van der Waals surface area contributed by atoms with E-state index in [0.29, 0.717) is 13.1 Å². The summed E-state index contributed by atoms with van der Waals surface area (Å²) in [4.78, 5) is 14.1. The smallest absolute Gasteiger partial charge is 0.410 e. The Balaban J connectivity index is 1.48. The van der Waals surface area contributed by atoms with Crippen LogP contribution in [0.3, 0.4) is 0 Å². The van der Waals surface area contributed by atoms with Crippen molar-refractivity contribution in [3.8, 4) is 11.1 Å². The fourth-order valence-electron chi connectivity index (χ4n) is 4.00. The molecule has 3 aromatic rings. The summed E-state index contributed by atoms with van der Waals surface area (Å²) in [6, 6.07) is 12.5. The van der Waals surface area contributed by atoms with Gasteiger partial charge in [-0.3, -0.25) is 4.68 Å². The number of aliphatic hydroxyl groups excluding tert-OH is 1. The number of nitrogens with zero attached hydrogens (tertiary/aromatic N) is 3. The summed E-state index contributed by atoms with van der Waals surface area (Å²) in [5.41, 5.74) is 2.65. The summed E-state index contributed by atoms with van der Waals surface area (Å²) in [6.45, 7) is 7.06. The van der Waals surface area contributed by atoms with Gasteiger partial charge < -0.3 is 14.7 Å². The second-order valence-corrected chi connectivity index (χ2v) is 8.93. The van der Waals surface area contributed by atoms with Crippen molar-refractivity contribution < 1.29 is 14.6 Å². The van der Waals surface area contributed by atoms with Gasteiger partial charge in [-0.2, -0.15) is 5.10 Å². The lowest BCUT2D eigenvalue weighted by atomic mass is 9.99. The highest BCUT2D eigenvalue weighted by molar-refractivity contribution is 5.96. The lowest BCUT2D eigenvalue weighted by Gasteiger charge is -2.33. The average molecular weight is 408 g/mol. The van der Waals surface area contributed by atoms with Crippen LogP contribution >= 0.6 is 0 Å². The predicted molar refractivity (Wildman–Crippen MR) is 117 cm³/mol. The fourth-order valence-corrected chi connectivity index (χ4v) is 4.00. The molecule has 0 saturated carbocycles. The zero-order valence-corrected chi connectivity index (χ0v) is 17.8. The van der Waals surface area contributed by atoms with Gasteiger partial charge in [0.1, 0.15) is 5.60 Å². The Morgan fingerprint density at radius 1 is 1.20 bits per heavy atom. The molecule has 1 aliphatic rings. The van der Waals surface area contributed by atoms with Crippen LogP contribution in [-0.2, 0) is 11.3 Å². The number of hydrogen-bond acceptors (Lipinski definition) is 4. The highest BCUT2D eigenvalue weighted by Crippen LogP contribution is 2.31. The standard InChI is InChI=1S/C24H29N3O3/c1-24(2,3)30-23(29)26-11-9-20(10-12-26)27-15-19(14-25-27)21-6-4-5-18-13-17(16-28)7-8-22(18)21/h4-8,13-15,20,28H,9-12,16H2,1-3H3. The van der Waals surface area contributed by atoms with Crippen LogP contribution in [0.2, 0.25) is 0 Å². The van der Waals surface area contributed by atoms with E-state index in [2.05, 4.69) is 29.5 Å². The molecule has 1 fully saturated rings. The molecule has 30 heavy (non-hydrogen) atoms. The normalized spacial score (nSPS) is 15.5. The SMILES string of the molecule is CC(C)(C)OC(=O)N1CCC(n2cc(-c3cccc4cc(CO)ccc34)cn2)CC1. The van der Waals surface area contributed by atoms with Crippen LogP contribution < -0.4 is 0 Å². The van der Waals surface area contributed by atoms with Gasteiger partial charge in [0.15, 0.2) is 0 Å². The van der Waals surface area contributed by atoms with E-state index in [0.717, 1.165) is 40.3 Å². The Labute approximate surface area is 177 Å². The number of likely N-dealkylation sites (tertiary alicyclic amines) is 1. The van der Waals surface area contributed by atoms with Crippen molar-refractivity contribution >= 4 is 16.9 Å². The van der Waals surface area contributed by atoms with E-state index < -0.39 is 5.60 Å². The zero-order chi connectivity index (χ0) is 21.3. The van der Waals surface area contributed by atoms with Gasteiger partial charge in [-0.15, -0.1) is 0 Å². The van der Waals surface area contributed by atoms with Crippen LogP contribution in [0.15, 0.2) is 48.8 Å². The van der Waals surface area contributed by atoms with Crippen molar-refractivity contribution in [2.24, 2.45) is 0 Å². The molecule has 0 aliphatic carbocycles. The maximum atomic E-state index is 12.3. The van der Waals surface area contributed by atoms with Gasteiger partial charge in [0.05, 0.1) is 18.8 Å². The molecule has 1 saturated heterocycles. The van der Waals surface area contributed by atoms with Gasteiger partial charge in [0.2, 0.25) is 0 Å². The number of fused-ring (bicyclic) bond motifs is 1. The second kappa shape index (κ2) is 8.11. The molecule has 6 heteroatoms. The Morgan fingerprint density at radius 2 is 1.97 bits per heavy atom. The van der Waals surface area contributed by atoms with Crippen molar-refractivity contribution in [1.82, 2.24) is 14.7 Å². The topological polar surface area (TPSA) is 67.6 Å². The van der Waals surface area contributed by atoms with Crippen molar-refractivity contribution in [3.63, 3.8) is 0 Å². The monoisotopic (exact) mass is 407 g/mol. The molecular formula is C24H29N3O3. The zero-order valence-electron chi connectivity index (χ0n) is 17.8. The van der Waals surface area contributed by atoms with Crippen molar-refractivity contribution in [1.29, 1.82) is 0 Å². The molecule has 158 valence electrons. The highest BCUT2D eigenvalue weighted by Gasteiger charge is 2.28. The van der Waals surface area contributed by atoms with Crippen molar-refractivity contribution in [2.75, 3.05) is 13.1 Å². The molecule has 1 aromatic heterocycles. The largest absolute Gasteiger partial charge is 0.444 e. The molecule has 6 nitrogen and oxygen atoms in total. The maximum Gasteiger partial charge on any atom is 0.410 e. The number of carbonyl (C=O) groups excluding carboxylic acids is 1. The number of rotatable bonds is 3. The summed E-state index contributed by atoms with van der Waals surface area (Å²) in [5, 5.41) is 16.3. The summed E-state index contributed by atoms with van der Waals surface area (Å²) in [5.74, 6) is 0. The number of carbonyl (C=O) groups is 1. The third-order valence-corrected chi connectivity index (χ3v) is 5.53. The van der Waals surface area contributed by atoms with Crippen LogP contribution in [0.4, 0.5) is 4.79 Å². The maximum absolute atomic E-state index is 12.3. The molecular weight excluding hydrogens is 378 g/mol. The number of piperidine rings is 1. The third kappa shape index (κ3) is 4.33. The number of benzene rings is 2. The van der Waals surface area contributed by atoms with Gasteiger partial charge in [-0.1, -0.05) is 30.3 Å². The molecule has 2 aromatic carbocycles. The lowest BCUT2D eigenvalue weighted by molar-refractivity contribution is 0.0185. The van der Waals surface area contributed by atoms with Gasteiger partial charge >= 0.3 is 6.09 Å². The van der Waals surface area contributed by atoms with E-state index in [1.165, 1.54) is 0 Å².